The minimum Gasteiger partial charge on any atom is -0.369 e. The number of aryl methyl sites for hydroxylation is 2. The normalized spacial score (nSPS) is 14.6. The van der Waals surface area contributed by atoms with Gasteiger partial charge in [-0.25, -0.2) is 4.98 Å². The van der Waals surface area contributed by atoms with Gasteiger partial charge in [-0.15, -0.1) is 0 Å². The van der Waals surface area contributed by atoms with Crippen molar-refractivity contribution in [3.63, 3.8) is 0 Å². The van der Waals surface area contributed by atoms with E-state index in [1.165, 1.54) is 10.3 Å². The Labute approximate surface area is 176 Å². The Balaban J connectivity index is 1.48. The third-order valence-electron chi connectivity index (χ3n) is 5.34. The van der Waals surface area contributed by atoms with Gasteiger partial charge in [-0.2, -0.15) is 4.98 Å². The molecule has 156 valence electrons. The van der Waals surface area contributed by atoms with E-state index in [1.807, 2.05) is 25.1 Å². The lowest BCUT2D eigenvalue weighted by molar-refractivity contribution is 0.313. The van der Waals surface area contributed by atoms with Gasteiger partial charge in [0, 0.05) is 62.6 Å². The SMILES string of the molecule is Cc1cnc(Nc2ccc(N3CCN(C)CC3)cc2)nc1Nc1cccn(C)c1=O. The fourth-order valence-corrected chi connectivity index (χ4v) is 3.40. The van der Waals surface area contributed by atoms with E-state index in [4.69, 9.17) is 0 Å². The molecule has 0 aliphatic carbocycles. The van der Waals surface area contributed by atoms with Gasteiger partial charge in [0.2, 0.25) is 5.95 Å². The van der Waals surface area contributed by atoms with E-state index in [1.54, 1.807) is 25.5 Å². The summed E-state index contributed by atoms with van der Waals surface area (Å²) in [7, 11) is 3.88. The standard InChI is InChI=1S/C22H27N7O/c1-16-15-23-22(26-20(16)25-19-5-4-10-28(3)21(19)30)24-17-6-8-18(9-7-17)29-13-11-27(2)12-14-29/h4-10,15H,11-14H2,1-3H3,(H2,23,24,25,26). The minimum absolute atomic E-state index is 0.107. The van der Waals surface area contributed by atoms with Crippen molar-refractivity contribution in [2.24, 2.45) is 7.05 Å². The van der Waals surface area contributed by atoms with Crippen LogP contribution in [-0.4, -0.2) is 52.7 Å². The molecule has 2 N–H and O–H groups in total. The summed E-state index contributed by atoms with van der Waals surface area (Å²) in [5.41, 5.74) is 3.37. The molecular weight excluding hydrogens is 378 g/mol. The number of piperazine rings is 1. The lowest BCUT2D eigenvalue weighted by Gasteiger charge is -2.34. The monoisotopic (exact) mass is 405 g/mol. The molecule has 1 aliphatic heterocycles. The summed E-state index contributed by atoms with van der Waals surface area (Å²) in [4.78, 5) is 25.9. The summed E-state index contributed by atoms with van der Waals surface area (Å²) < 4.78 is 1.53. The molecule has 0 unspecified atom stereocenters. The van der Waals surface area contributed by atoms with Gasteiger partial charge in [0.25, 0.3) is 5.56 Å². The van der Waals surface area contributed by atoms with Gasteiger partial charge in [-0.3, -0.25) is 4.79 Å². The maximum atomic E-state index is 12.3. The van der Waals surface area contributed by atoms with Crippen LogP contribution in [0.2, 0.25) is 0 Å². The molecule has 2 aromatic heterocycles. The van der Waals surface area contributed by atoms with Crippen LogP contribution in [0.5, 0.6) is 0 Å². The molecule has 1 fully saturated rings. The van der Waals surface area contributed by atoms with Gasteiger partial charge < -0.3 is 25.0 Å². The van der Waals surface area contributed by atoms with Crippen molar-refractivity contribution in [1.29, 1.82) is 0 Å². The summed E-state index contributed by atoms with van der Waals surface area (Å²) in [6.45, 7) is 6.15. The van der Waals surface area contributed by atoms with Crippen LogP contribution in [0.4, 0.5) is 28.8 Å². The second-order valence-electron chi connectivity index (χ2n) is 7.65. The molecule has 3 heterocycles. The Morgan fingerprint density at radius 3 is 2.43 bits per heavy atom. The molecule has 0 amide bonds. The van der Waals surface area contributed by atoms with Crippen molar-refractivity contribution < 1.29 is 0 Å². The molecule has 8 nitrogen and oxygen atoms in total. The zero-order valence-electron chi connectivity index (χ0n) is 17.6. The van der Waals surface area contributed by atoms with Crippen LogP contribution in [0.25, 0.3) is 0 Å². The highest BCUT2D eigenvalue weighted by atomic mass is 16.1. The highest BCUT2D eigenvalue weighted by molar-refractivity contribution is 5.63. The van der Waals surface area contributed by atoms with Crippen LogP contribution in [0.3, 0.4) is 0 Å². The average molecular weight is 406 g/mol. The van der Waals surface area contributed by atoms with Crippen LogP contribution in [-0.2, 0) is 7.05 Å². The number of hydrogen-bond acceptors (Lipinski definition) is 7. The summed E-state index contributed by atoms with van der Waals surface area (Å²) in [5.74, 6) is 1.08. The fourth-order valence-electron chi connectivity index (χ4n) is 3.40. The number of nitrogens with zero attached hydrogens (tertiary/aromatic N) is 5. The number of nitrogens with one attached hydrogen (secondary N) is 2. The summed E-state index contributed by atoms with van der Waals surface area (Å²) >= 11 is 0. The third kappa shape index (κ3) is 4.44. The van der Waals surface area contributed by atoms with E-state index in [9.17, 15) is 4.79 Å². The minimum atomic E-state index is -0.107. The summed E-state index contributed by atoms with van der Waals surface area (Å²) in [6.07, 6.45) is 3.46. The average Bonchev–Trinajstić information content (AvgIpc) is 2.75. The molecule has 0 spiro atoms. The largest absolute Gasteiger partial charge is 0.369 e. The second-order valence-corrected chi connectivity index (χ2v) is 7.65. The molecular formula is C22H27N7O. The molecule has 30 heavy (non-hydrogen) atoms. The van der Waals surface area contributed by atoms with E-state index >= 15 is 0 Å². The van der Waals surface area contributed by atoms with Gasteiger partial charge in [0.1, 0.15) is 11.5 Å². The zero-order valence-corrected chi connectivity index (χ0v) is 17.6. The van der Waals surface area contributed by atoms with Crippen LogP contribution < -0.4 is 21.1 Å². The third-order valence-corrected chi connectivity index (χ3v) is 5.34. The highest BCUT2D eigenvalue weighted by Gasteiger charge is 2.14. The Bertz CT molecular complexity index is 1070. The number of rotatable bonds is 5. The van der Waals surface area contributed by atoms with E-state index in [0.29, 0.717) is 17.5 Å². The topological polar surface area (TPSA) is 78.3 Å². The summed E-state index contributed by atoms with van der Waals surface area (Å²) in [5, 5.41) is 6.38. The van der Waals surface area contributed by atoms with Crippen molar-refractivity contribution in [1.82, 2.24) is 19.4 Å². The molecule has 3 aromatic rings. The first kappa shape index (κ1) is 19.9. The number of benzene rings is 1. The molecule has 1 aromatic carbocycles. The van der Waals surface area contributed by atoms with Crippen LogP contribution in [0.1, 0.15) is 5.56 Å². The zero-order chi connectivity index (χ0) is 21.1. The summed E-state index contributed by atoms with van der Waals surface area (Å²) in [6, 6.07) is 11.9. The second kappa shape index (κ2) is 8.54. The van der Waals surface area contributed by atoms with E-state index in [-0.39, 0.29) is 5.56 Å². The number of hydrogen-bond donors (Lipinski definition) is 2. The maximum absolute atomic E-state index is 12.3. The number of likely N-dealkylation sites (N-methyl/N-ethyl adjacent to an activating group) is 1. The van der Waals surface area contributed by atoms with E-state index in [0.717, 1.165) is 37.4 Å². The smallest absolute Gasteiger partial charge is 0.274 e. The number of anilines is 5. The van der Waals surface area contributed by atoms with Crippen molar-refractivity contribution in [3.8, 4) is 0 Å². The Morgan fingerprint density at radius 2 is 1.70 bits per heavy atom. The molecule has 1 saturated heterocycles. The molecule has 0 atom stereocenters. The van der Waals surface area contributed by atoms with E-state index in [2.05, 4.69) is 49.6 Å². The van der Waals surface area contributed by atoms with Gasteiger partial charge in [0.15, 0.2) is 0 Å². The van der Waals surface area contributed by atoms with Gasteiger partial charge in [-0.1, -0.05) is 0 Å². The number of pyridine rings is 1. The molecule has 4 rings (SSSR count). The Kier molecular flexibility index (Phi) is 5.67. The molecule has 1 aliphatic rings. The van der Waals surface area contributed by atoms with Gasteiger partial charge >= 0.3 is 0 Å². The Morgan fingerprint density at radius 1 is 0.967 bits per heavy atom. The van der Waals surface area contributed by atoms with Crippen molar-refractivity contribution in [2.75, 3.05) is 48.8 Å². The van der Waals surface area contributed by atoms with Gasteiger partial charge in [-0.05, 0) is 50.4 Å². The maximum Gasteiger partial charge on any atom is 0.274 e. The van der Waals surface area contributed by atoms with E-state index < -0.39 is 0 Å². The van der Waals surface area contributed by atoms with Crippen molar-refractivity contribution in [2.45, 2.75) is 6.92 Å². The van der Waals surface area contributed by atoms with Crippen LogP contribution in [0, 0.1) is 6.92 Å². The molecule has 8 heteroatoms. The van der Waals surface area contributed by atoms with Crippen LogP contribution >= 0.6 is 0 Å². The Hall–Kier alpha value is -3.39. The first-order chi connectivity index (χ1) is 14.5. The molecule has 0 bridgehead atoms. The molecule has 0 radical (unpaired) electrons. The predicted octanol–water partition coefficient (Wildman–Crippen LogP) is 2.72. The van der Waals surface area contributed by atoms with Crippen LogP contribution in [0.15, 0.2) is 53.6 Å². The first-order valence-electron chi connectivity index (χ1n) is 10.1. The van der Waals surface area contributed by atoms with Crippen molar-refractivity contribution >= 4 is 28.8 Å². The number of aromatic nitrogens is 3. The first-order valence-corrected chi connectivity index (χ1v) is 10.1. The highest BCUT2D eigenvalue weighted by Crippen LogP contribution is 2.22. The van der Waals surface area contributed by atoms with Crippen molar-refractivity contribution in [3.05, 3.63) is 64.7 Å². The quantitative estimate of drug-likeness (QED) is 0.676. The fraction of sp³-hybridized carbons (Fsp3) is 0.318. The predicted molar refractivity (Wildman–Crippen MR) is 121 cm³/mol. The lowest BCUT2D eigenvalue weighted by Crippen LogP contribution is -2.44. The van der Waals surface area contributed by atoms with Gasteiger partial charge in [0.05, 0.1) is 0 Å². The molecule has 0 saturated carbocycles. The lowest BCUT2D eigenvalue weighted by atomic mass is 10.2.